The van der Waals surface area contributed by atoms with Crippen molar-refractivity contribution >= 4 is 17.0 Å². The Hall–Kier alpha value is -3.75. The van der Waals surface area contributed by atoms with Crippen LogP contribution in [0, 0.1) is 11.6 Å². The molecule has 0 radical (unpaired) electrons. The standard InChI is InChI=1S/C20H17F2N5O2/c21-16-5-3-6-17(22)19(16)27-11-14(25-26-27)12-29-20(28)23-9-8-13-10-24-18-7-2-1-4-15(13)18/h1-7,10-11,24H,8-9,12H2,(H,23,28). The fourth-order valence-corrected chi connectivity index (χ4v) is 3.01. The molecule has 9 heteroatoms. The Balaban J connectivity index is 1.28. The number of H-pyrrole nitrogens is 1. The fraction of sp³-hybridized carbons (Fsp3) is 0.150. The predicted molar refractivity (Wildman–Crippen MR) is 101 cm³/mol. The summed E-state index contributed by atoms with van der Waals surface area (Å²) in [4.78, 5) is 15.1. The van der Waals surface area contributed by atoms with Crippen LogP contribution in [0.4, 0.5) is 13.6 Å². The van der Waals surface area contributed by atoms with Crippen LogP contribution in [0.2, 0.25) is 0 Å². The molecule has 2 aromatic heterocycles. The van der Waals surface area contributed by atoms with E-state index in [9.17, 15) is 13.6 Å². The molecule has 0 unspecified atom stereocenters. The largest absolute Gasteiger partial charge is 0.443 e. The second kappa shape index (κ2) is 8.09. The highest BCUT2D eigenvalue weighted by atomic mass is 19.1. The normalized spacial score (nSPS) is 11.0. The smallest absolute Gasteiger partial charge is 0.407 e. The molecule has 29 heavy (non-hydrogen) atoms. The molecule has 0 saturated carbocycles. The molecule has 148 valence electrons. The van der Waals surface area contributed by atoms with Gasteiger partial charge in [0.15, 0.2) is 11.6 Å². The molecule has 0 spiro atoms. The Morgan fingerprint density at radius 2 is 1.93 bits per heavy atom. The lowest BCUT2D eigenvalue weighted by atomic mass is 10.1. The third-order valence-electron chi connectivity index (χ3n) is 4.40. The zero-order chi connectivity index (χ0) is 20.2. The maximum absolute atomic E-state index is 13.8. The summed E-state index contributed by atoms with van der Waals surface area (Å²) in [6, 6.07) is 11.4. The number of aromatic amines is 1. The number of aromatic nitrogens is 4. The van der Waals surface area contributed by atoms with E-state index in [-0.39, 0.29) is 18.0 Å². The summed E-state index contributed by atoms with van der Waals surface area (Å²) < 4.78 is 33.6. The van der Waals surface area contributed by atoms with Crippen LogP contribution in [0.25, 0.3) is 16.6 Å². The number of carbonyl (C=O) groups excluding carboxylic acids is 1. The summed E-state index contributed by atoms with van der Waals surface area (Å²) in [5.74, 6) is -1.53. The number of ether oxygens (including phenoxy) is 1. The number of para-hydroxylation sites is 2. The van der Waals surface area contributed by atoms with Crippen LogP contribution in [-0.2, 0) is 17.8 Å². The van der Waals surface area contributed by atoms with E-state index in [1.54, 1.807) is 0 Å². The maximum atomic E-state index is 13.8. The van der Waals surface area contributed by atoms with E-state index in [0.717, 1.165) is 33.3 Å². The molecule has 1 amide bonds. The molecule has 0 bridgehead atoms. The van der Waals surface area contributed by atoms with Crippen molar-refractivity contribution in [3.05, 3.63) is 77.8 Å². The Morgan fingerprint density at radius 3 is 2.76 bits per heavy atom. The molecule has 7 nitrogen and oxygen atoms in total. The van der Waals surface area contributed by atoms with Crippen LogP contribution in [0.15, 0.2) is 54.9 Å². The van der Waals surface area contributed by atoms with E-state index in [2.05, 4.69) is 20.6 Å². The van der Waals surface area contributed by atoms with Crippen molar-refractivity contribution in [3.63, 3.8) is 0 Å². The zero-order valence-electron chi connectivity index (χ0n) is 15.2. The van der Waals surface area contributed by atoms with E-state index in [1.807, 2.05) is 30.5 Å². The van der Waals surface area contributed by atoms with Gasteiger partial charge in [0.2, 0.25) is 0 Å². The zero-order valence-corrected chi connectivity index (χ0v) is 15.2. The van der Waals surface area contributed by atoms with Crippen molar-refractivity contribution in [2.24, 2.45) is 0 Å². The molecule has 2 heterocycles. The number of benzene rings is 2. The number of halogens is 2. The van der Waals surface area contributed by atoms with E-state index >= 15 is 0 Å². The fourth-order valence-electron chi connectivity index (χ4n) is 3.01. The average molecular weight is 397 g/mol. The van der Waals surface area contributed by atoms with Crippen molar-refractivity contribution in [1.29, 1.82) is 0 Å². The van der Waals surface area contributed by atoms with Crippen LogP contribution in [0.5, 0.6) is 0 Å². The molecule has 0 atom stereocenters. The number of carbonyl (C=O) groups is 1. The minimum Gasteiger partial charge on any atom is -0.443 e. The van der Waals surface area contributed by atoms with Gasteiger partial charge in [0, 0.05) is 23.6 Å². The van der Waals surface area contributed by atoms with Crippen LogP contribution in [-0.4, -0.2) is 32.6 Å². The van der Waals surface area contributed by atoms with Crippen molar-refractivity contribution in [3.8, 4) is 5.69 Å². The number of hydrogen-bond acceptors (Lipinski definition) is 4. The summed E-state index contributed by atoms with van der Waals surface area (Å²) in [5.41, 5.74) is 2.06. The van der Waals surface area contributed by atoms with Gasteiger partial charge < -0.3 is 15.0 Å². The summed E-state index contributed by atoms with van der Waals surface area (Å²) in [6.45, 7) is 0.225. The van der Waals surface area contributed by atoms with E-state index in [0.29, 0.717) is 13.0 Å². The van der Waals surface area contributed by atoms with E-state index in [4.69, 9.17) is 4.74 Å². The van der Waals surface area contributed by atoms with Gasteiger partial charge in [0.25, 0.3) is 0 Å². The van der Waals surface area contributed by atoms with Crippen molar-refractivity contribution in [2.75, 3.05) is 6.54 Å². The molecule has 0 fully saturated rings. The van der Waals surface area contributed by atoms with Gasteiger partial charge in [-0.15, -0.1) is 5.10 Å². The number of amides is 1. The number of fused-ring (bicyclic) bond motifs is 1. The third kappa shape index (κ3) is 4.08. The molecule has 4 rings (SSSR count). The second-order valence-electron chi connectivity index (χ2n) is 6.34. The van der Waals surface area contributed by atoms with Gasteiger partial charge in [-0.3, -0.25) is 0 Å². The lowest BCUT2D eigenvalue weighted by molar-refractivity contribution is 0.138. The minimum atomic E-state index is -0.766. The lowest BCUT2D eigenvalue weighted by Gasteiger charge is -2.05. The molecule has 0 aliphatic rings. The summed E-state index contributed by atoms with van der Waals surface area (Å²) >= 11 is 0. The highest BCUT2D eigenvalue weighted by molar-refractivity contribution is 5.83. The maximum Gasteiger partial charge on any atom is 0.407 e. The van der Waals surface area contributed by atoms with Gasteiger partial charge in [-0.25, -0.2) is 18.3 Å². The molecule has 0 aliphatic heterocycles. The Kier molecular flexibility index (Phi) is 5.19. The first kappa shape index (κ1) is 18.6. The van der Waals surface area contributed by atoms with Gasteiger partial charge in [0.05, 0.1) is 6.20 Å². The highest BCUT2D eigenvalue weighted by Gasteiger charge is 2.14. The Morgan fingerprint density at radius 1 is 1.14 bits per heavy atom. The molecular weight excluding hydrogens is 380 g/mol. The van der Waals surface area contributed by atoms with Crippen LogP contribution >= 0.6 is 0 Å². The minimum absolute atomic E-state index is 0.172. The van der Waals surface area contributed by atoms with Gasteiger partial charge >= 0.3 is 6.09 Å². The predicted octanol–water partition coefficient (Wildman–Crippen LogP) is 3.50. The van der Waals surface area contributed by atoms with Gasteiger partial charge in [-0.1, -0.05) is 29.5 Å². The molecule has 2 aromatic carbocycles. The van der Waals surface area contributed by atoms with Crippen LogP contribution in [0.1, 0.15) is 11.3 Å². The number of rotatable bonds is 6. The first-order valence-corrected chi connectivity index (χ1v) is 8.93. The molecule has 0 aliphatic carbocycles. The third-order valence-corrected chi connectivity index (χ3v) is 4.40. The van der Waals surface area contributed by atoms with Crippen LogP contribution < -0.4 is 5.32 Å². The quantitative estimate of drug-likeness (QED) is 0.522. The van der Waals surface area contributed by atoms with Crippen molar-refractivity contribution in [1.82, 2.24) is 25.3 Å². The summed E-state index contributed by atoms with van der Waals surface area (Å²) in [5, 5.41) is 11.2. The topological polar surface area (TPSA) is 84.8 Å². The van der Waals surface area contributed by atoms with Gasteiger partial charge in [0.1, 0.15) is 18.0 Å². The van der Waals surface area contributed by atoms with Crippen molar-refractivity contribution < 1.29 is 18.3 Å². The number of hydrogen-bond donors (Lipinski definition) is 2. The number of alkyl carbamates (subject to hydrolysis) is 1. The summed E-state index contributed by atoms with van der Waals surface area (Å²) in [7, 11) is 0. The van der Waals surface area contributed by atoms with Gasteiger partial charge in [-0.05, 0) is 30.2 Å². The Labute approximate surface area is 164 Å². The first-order valence-electron chi connectivity index (χ1n) is 8.93. The molecule has 4 aromatic rings. The number of nitrogens with one attached hydrogen (secondary N) is 2. The molecular formula is C20H17F2N5O2. The van der Waals surface area contributed by atoms with Crippen LogP contribution in [0.3, 0.4) is 0 Å². The average Bonchev–Trinajstić information content (AvgIpc) is 3.34. The van der Waals surface area contributed by atoms with E-state index in [1.165, 1.54) is 12.3 Å². The molecule has 0 saturated heterocycles. The lowest BCUT2D eigenvalue weighted by Crippen LogP contribution is -2.26. The van der Waals surface area contributed by atoms with E-state index < -0.39 is 17.7 Å². The number of nitrogens with zero attached hydrogens (tertiary/aromatic N) is 3. The molecule has 2 N–H and O–H groups in total. The van der Waals surface area contributed by atoms with Crippen molar-refractivity contribution in [2.45, 2.75) is 13.0 Å². The monoisotopic (exact) mass is 397 g/mol. The highest BCUT2D eigenvalue weighted by Crippen LogP contribution is 2.18. The second-order valence-corrected chi connectivity index (χ2v) is 6.34. The Bertz CT molecular complexity index is 1130. The van der Waals surface area contributed by atoms with Gasteiger partial charge in [-0.2, -0.15) is 0 Å². The first-order chi connectivity index (χ1) is 14.1. The summed E-state index contributed by atoms with van der Waals surface area (Å²) in [6.07, 6.45) is 3.25. The SMILES string of the molecule is O=C(NCCc1c[nH]c2ccccc12)OCc1cn(-c2c(F)cccc2F)nn1.